The third-order valence-electron chi connectivity index (χ3n) is 3.21. The lowest BCUT2D eigenvalue weighted by molar-refractivity contribution is 0.0661. The largest absolute Gasteiger partial charge is 0.496 e. The van der Waals surface area contributed by atoms with Crippen molar-refractivity contribution in [2.45, 2.75) is 0 Å². The molecule has 0 unspecified atom stereocenters. The topological polar surface area (TPSA) is 51.5 Å². The number of ether oxygens (including phenoxy) is 1. The summed E-state index contributed by atoms with van der Waals surface area (Å²) in [7, 11) is 3.19. The van der Waals surface area contributed by atoms with Gasteiger partial charge in [-0.05, 0) is 18.2 Å². The van der Waals surface area contributed by atoms with Gasteiger partial charge in [0.25, 0.3) is 11.8 Å². The Balaban J connectivity index is 2.38. The lowest BCUT2D eigenvalue weighted by Gasteiger charge is -2.23. The van der Waals surface area contributed by atoms with Gasteiger partial charge in [-0.15, -0.1) is 0 Å². The summed E-state index contributed by atoms with van der Waals surface area (Å²) in [5.74, 6) is 0.417. The zero-order valence-corrected chi connectivity index (χ0v) is 10.1. The van der Waals surface area contributed by atoms with Gasteiger partial charge in [-0.1, -0.05) is 6.07 Å². The summed E-state index contributed by atoms with van der Waals surface area (Å²) in [5, 5.41) is 0.784. The van der Waals surface area contributed by atoms with Gasteiger partial charge in [-0.2, -0.15) is 0 Å². The highest BCUT2D eigenvalue weighted by molar-refractivity contribution is 6.10. The predicted molar refractivity (Wildman–Crippen MR) is 66.1 cm³/mol. The van der Waals surface area contributed by atoms with Gasteiger partial charge in [0.2, 0.25) is 0 Å². The smallest absolute Gasteiger partial charge is 0.271 e. The number of rotatable bonds is 1. The number of aromatic nitrogens is 1. The first-order chi connectivity index (χ1) is 8.63. The molecule has 0 saturated carbocycles. The zero-order valence-electron chi connectivity index (χ0n) is 10.1. The van der Waals surface area contributed by atoms with Gasteiger partial charge in [0.1, 0.15) is 18.0 Å². The molecule has 0 spiro atoms. The van der Waals surface area contributed by atoms with E-state index in [0.29, 0.717) is 11.4 Å². The van der Waals surface area contributed by atoms with Crippen LogP contribution in [0.25, 0.3) is 10.9 Å². The second kappa shape index (κ2) is 3.60. The van der Waals surface area contributed by atoms with Crippen molar-refractivity contribution < 1.29 is 14.3 Å². The highest BCUT2D eigenvalue weighted by Crippen LogP contribution is 2.30. The molecular formula is C13H12N2O3. The molecule has 0 atom stereocenters. The van der Waals surface area contributed by atoms with Crippen molar-refractivity contribution >= 4 is 22.7 Å². The van der Waals surface area contributed by atoms with Crippen LogP contribution in [0.5, 0.6) is 5.75 Å². The molecule has 5 heteroatoms. The Hall–Kier alpha value is -2.30. The number of amides is 1. The Labute approximate surface area is 104 Å². The van der Waals surface area contributed by atoms with Crippen LogP contribution in [0.3, 0.4) is 0 Å². The number of benzene rings is 1. The molecule has 0 aliphatic carbocycles. The molecule has 0 fully saturated rings. The standard InChI is InChI=1S/C13H12N2O3/c1-14-7-12(16)15-9-4-3-5-11(18-2)8(9)6-10(15)13(14)17/h3-6H,7H2,1-2H3. The average molecular weight is 244 g/mol. The lowest BCUT2D eigenvalue weighted by Crippen LogP contribution is -2.41. The Bertz CT molecular complexity index is 672. The number of fused-ring (bicyclic) bond motifs is 3. The third kappa shape index (κ3) is 1.27. The van der Waals surface area contributed by atoms with Crippen molar-refractivity contribution in [2.75, 3.05) is 20.7 Å². The normalized spacial score (nSPS) is 15.1. The Kier molecular flexibility index (Phi) is 2.16. The summed E-state index contributed by atoms with van der Waals surface area (Å²) < 4.78 is 6.73. The third-order valence-corrected chi connectivity index (χ3v) is 3.21. The molecule has 1 amide bonds. The second-order valence-electron chi connectivity index (χ2n) is 4.31. The van der Waals surface area contributed by atoms with E-state index < -0.39 is 0 Å². The minimum Gasteiger partial charge on any atom is -0.496 e. The zero-order chi connectivity index (χ0) is 12.9. The molecule has 18 heavy (non-hydrogen) atoms. The highest BCUT2D eigenvalue weighted by atomic mass is 16.5. The summed E-state index contributed by atoms with van der Waals surface area (Å²) in [5.41, 5.74) is 1.11. The average Bonchev–Trinajstić information content (AvgIpc) is 2.75. The summed E-state index contributed by atoms with van der Waals surface area (Å²) in [4.78, 5) is 25.5. The van der Waals surface area contributed by atoms with E-state index in [1.54, 1.807) is 20.2 Å². The van der Waals surface area contributed by atoms with E-state index >= 15 is 0 Å². The van der Waals surface area contributed by atoms with Crippen molar-refractivity contribution in [1.29, 1.82) is 0 Å². The van der Waals surface area contributed by atoms with Gasteiger partial charge in [-0.25, -0.2) is 0 Å². The molecule has 5 nitrogen and oxygen atoms in total. The molecular weight excluding hydrogens is 232 g/mol. The maximum Gasteiger partial charge on any atom is 0.271 e. The van der Waals surface area contributed by atoms with Gasteiger partial charge in [0.05, 0.1) is 12.6 Å². The van der Waals surface area contributed by atoms with Crippen LogP contribution in [0.15, 0.2) is 24.3 Å². The summed E-state index contributed by atoms with van der Waals surface area (Å²) >= 11 is 0. The van der Waals surface area contributed by atoms with Gasteiger partial charge in [0.15, 0.2) is 0 Å². The van der Waals surface area contributed by atoms with E-state index in [2.05, 4.69) is 0 Å². The molecule has 0 N–H and O–H groups in total. The molecule has 0 saturated heterocycles. The van der Waals surface area contributed by atoms with Crippen LogP contribution in [-0.4, -0.2) is 42.0 Å². The molecule has 1 aromatic heterocycles. The number of carbonyl (C=O) groups excluding carboxylic acids is 2. The van der Waals surface area contributed by atoms with Crippen molar-refractivity contribution in [3.8, 4) is 5.75 Å². The van der Waals surface area contributed by atoms with Crippen molar-refractivity contribution in [3.63, 3.8) is 0 Å². The van der Waals surface area contributed by atoms with Crippen LogP contribution < -0.4 is 4.74 Å². The van der Waals surface area contributed by atoms with Crippen molar-refractivity contribution in [3.05, 3.63) is 30.0 Å². The molecule has 2 aromatic rings. The van der Waals surface area contributed by atoms with E-state index in [0.717, 1.165) is 10.9 Å². The Morgan fingerprint density at radius 3 is 2.78 bits per heavy atom. The number of methoxy groups -OCH3 is 1. The molecule has 1 aliphatic rings. The van der Waals surface area contributed by atoms with Gasteiger partial charge in [-0.3, -0.25) is 14.2 Å². The van der Waals surface area contributed by atoms with Crippen LogP contribution >= 0.6 is 0 Å². The van der Waals surface area contributed by atoms with Crippen LogP contribution in [0.1, 0.15) is 15.3 Å². The predicted octanol–water partition coefficient (Wildman–Crippen LogP) is 1.38. The summed E-state index contributed by atoms with van der Waals surface area (Å²) in [6, 6.07) is 7.15. The fourth-order valence-electron chi connectivity index (χ4n) is 2.35. The Morgan fingerprint density at radius 2 is 2.06 bits per heavy atom. The maximum atomic E-state index is 12.0. The van der Waals surface area contributed by atoms with Crippen LogP contribution in [0.4, 0.5) is 0 Å². The van der Waals surface area contributed by atoms with E-state index in [4.69, 9.17) is 4.74 Å². The first-order valence-electron chi connectivity index (χ1n) is 5.60. The van der Waals surface area contributed by atoms with Gasteiger partial charge < -0.3 is 9.64 Å². The Morgan fingerprint density at radius 1 is 1.28 bits per heavy atom. The number of nitrogens with zero attached hydrogens (tertiary/aromatic N) is 2. The molecule has 0 radical (unpaired) electrons. The number of likely N-dealkylation sites (N-methyl/N-ethyl adjacent to an activating group) is 1. The van der Waals surface area contributed by atoms with Crippen molar-refractivity contribution in [1.82, 2.24) is 9.47 Å². The molecule has 2 heterocycles. The lowest BCUT2D eigenvalue weighted by atomic mass is 10.2. The molecule has 92 valence electrons. The van der Waals surface area contributed by atoms with E-state index in [9.17, 15) is 9.59 Å². The quantitative estimate of drug-likeness (QED) is 0.761. The van der Waals surface area contributed by atoms with E-state index in [1.807, 2.05) is 18.2 Å². The number of carbonyl (C=O) groups is 2. The minimum atomic E-state index is -0.146. The fourth-order valence-corrected chi connectivity index (χ4v) is 2.35. The van der Waals surface area contributed by atoms with Gasteiger partial charge >= 0.3 is 0 Å². The van der Waals surface area contributed by atoms with E-state index in [-0.39, 0.29) is 18.4 Å². The maximum absolute atomic E-state index is 12.0. The number of hydrogen-bond acceptors (Lipinski definition) is 3. The van der Waals surface area contributed by atoms with Gasteiger partial charge in [0, 0.05) is 12.4 Å². The first-order valence-corrected chi connectivity index (χ1v) is 5.60. The summed E-state index contributed by atoms with van der Waals surface area (Å²) in [6.07, 6.45) is 0. The SMILES string of the molecule is COc1cccc2c1cc1n2C(=O)CN(C)C1=O. The molecule has 0 bridgehead atoms. The second-order valence-corrected chi connectivity index (χ2v) is 4.31. The van der Waals surface area contributed by atoms with Crippen molar-refractivity contribution in [2.24, 2.45) is 0 Å². The fraction of sp³-hybridized carbons (Fsp3) is 0.231. The molecule has 1 aromatic carbocycles. The molecule has 3 rings (SSSR count). The van der Waals surface area contributed by atoms with E-state index in [1.165, 1.54) is 9.47 Å². The first kappa shape index (κ1) is 10.8. The van der Waals surface area contributed by atoms with Crippen LogP contribution in [0.2, 0.25) is 0 Å². The monoisotopic (exact) mass is 244 g/mol. The highest BCUT2D eigenvalue weighted by Gasteiger charge is 2.29. The number of hydrogen-bond donors (Lipinski definition) is 0. The van der Waals surface area contributed by atoms with Crippen LogP contribution in [0, 0.1) is 0 Å². The van der Waals surface area contributed by atoms with Crippen LogP contribution in [-0.2, 0) is 0 Å². The molecule has 1 aliphatic heterocycles. The minimum absolute atomic E-state index is 0.102. The summed E-state index contributed by atoms with van der Waals surface area (Å²) in [6.45, 7) is 0.104.